The number of hydrogen-bond donors (Lipinski definition) is 2. The molecule has 0 unspecified atom stereocenters. The number of carbonyl (C=O) groups excluding carboxylic acids is 1. The smallest absolute Gasteiger partial charge is 0.305 e. The number of hydrogen-bond acceptors (Lipinski definition) is 4. The van der Waals surface area contributed by atoms with Gasteiger partial charge in [0.05, 0.1) is 19.3 Å². The Morgan fingerprint density at radius 3 is 1.70 bits per heavy atom. The van der Waals surface area contributed by atoms with Crippen LogP contribution in [0.3, 0.4) is 0 Å². The molecule has 0 bridgehead atoms. The molecule has 0 fully saturated rings. The molecule has 0 saturated carbocycles. The van der Waals surface area contributed by atoms with Crippen molar-refractivity contribution in [3.8, 4) is 0 Å². The van der Waals surface area contributed by atoms with Crippen molar-refractivity contribution in [1.82, 2.24) is 0 Å². The molecule has 138 valence electrons. The maximum absolute atomic E-state index is 10.9. The van der Waals surface area contributed by atoms with E-state index in [1.54, 1.807) is 0 Å². The van der Waals surface area contributed by atoms with Crippen molar-refractivity contribution < 1.29 is 19.7 Å². The normalized spacial score (nSPS) is 13.7. The summed E-state index contributed by atoms with van der Waals surface area (Å²) in [6.07, 6.45) is 12.9. The summed E-state index contributed by atoms with van der Waals surface area (Å²) in [4.78, 5) is 10.9. The van der Waals surface area contributed by atoms with Crippen molar-refractivity contribution >= 4 is 5.97 Å². The van der Waals surface area contributed by atoms with Gasteiger partial charge < -0.3 is 14.9 Å². The van der Waals surface area contributed by atoms with E-state index in [2.05, 4.69) is 11.7 Å². The molecule has 4 heteroatoms. The molecule has 0 rings (SSSR count). The van der Waals surface area contributed by atoms with Crippen molar-refractivity contribution in [1.29, 1.82) is 0 Å². The van der Waals surface area contributed by atoms with E-state index in [1.165, 1.54) is 32.8 Å². The zero-order chi connectivity index (χ0) is 17.3. The Morgan fingerprint density at radius 1 is 0.783 bits per heavy atom. The summed E-state index contributed by atoms with van der Waals surface area (Å²) in [5.41, 5.74) is 0. The summed E-state index contributed by atoms with van der Waals surface area (Å²) >= 11 is 0. The number of ether oxygens (including phenoxy) is 1. The van der Waals surface area contributed by atoms with Gasteiger partial charge in [-0.3, -0.25) is 4.79 Å². The lowest BCUT2D eigenvalue weighted by Crippen LogP contribution is -2.25. The van der Waals surface area contributed by atoms with Crippen LogP contribution in [0, 0.1) is 0 Å². The molecule has 0 aromatic carbocycles. The summed E-state index contributed by atoms with van der Waals surface area (Å²) in [6, 6.07) is 0. The standard InChI is InChI=1S/C19H38O4/c1-3-4-5-6-8-11-14-17(20)18(21)15-12-9-7-10-13-16-19(22)23-2/h17-18,20-21H,3-16H2,1-2H3/t17-,18-/m0/s1. The van der Waals surface area contributed by atoms with E-state index in [1.807, 2.05) is 0 Å². The van der Waals surface area contributed by atoms with Crippen molar-refractivity contribution in [2.24, 2.45) is 0 Å². The summed E-state index contributed by atoms with van der Waals surface area (Å²) in [5, 5.41) is 19.9. The fourth-order valence-corrected chi connectivity index (χ4v) is 2.77. The van der Waals surface area contributed by atoms with Gasteiger partial charge in [-0.25, -0.2) is 0 Å². The lowest BCUT2D eigenvalue weighted by Gasteiger charge is -2.17. The van der Waals surface area contributed by atoms with Gasteiger partial charge in [-0.1, -0.05) is 71.1 Å². The van der Waals surface area contributed by atoms with Crippen molar-refractivity contribution in [2.45, 2.75) is 109 Å². The molecule has 0 aliphatic rings. The number of rotatable bonds is 16. The molecule has 0 heterocycles. The third-order valence-corrected chi connectivity index (χ3v) is 4.41. The van der Waals surface area contributed by atoms with Crippen LogP contribution in [-0.2, 0) is 9.53 Å². The highest BCUT2D eigenvalue weighted by Crippen LogP contribution is 2.15. The molecular formula is C19H38O4. The number of methoxy groups -OCH3 is 1. The van der Waals surface area contributed by atoms with Gasteiger partial charge in [0, 0.05) is 6.42 Å². The molecule has 0 spiro atoms. The van der Waals surface area contributed by atoms with E-state index in [0.717, 1.165) is 44.9 Å². The summed E-state index contributed by atoms with van der Waals surface area (Å²) < 4.78 is 4.60. The second kappa shape index (κ2) is 16.3. The van der Waals surface area contributed by atoms with Gasteiger partial charge in [0.2, 0.25) is 0 Å². The number of unbranched alkanes of at least 4 members (excludes halogenated alkanes) is 9. The summed E-state index contributed by atoms with van der Waals surface area (Å²) in [5.74, 6) is -0.141. The Hall–Kier alpha value is -0.610. The number of carbonyl (C=O) groups is 1. The molecule has 0 amide bonds. The van der Waals surface area contributed by atoms with Gasteiger partial charge in [-0.15, -0.1) is 0 Å². The Bertz CT molecular complexity index is 268. The van der Waals surface area contributed by atoms with Gasteiger partial charge >= 0.3 is 5.97 Å². The van der Waals surface area contributed by atoms with E-state index >= 15 is 0 Å². The quantitative estimate of drug-likeness (QED) is 0.326. The van der Waals surface area contributed by atoms with E-state index < -0.39 is 12.2 Å². The molecule has 2 N–H and O–H groups in total. The average molecular weight is 331 g/mol. The molecular weight excluding hydrogens is 292 g/mol. The van der Waals surface area contributed by atoms with Gasteiger partial charge in [0.15, 0.2) is 0 Å². The van der Waals surface area contributed by atoms with Crippen LogP contribution in [0.25, 0.3) is 0 Å². The molecule has 2 atom stereocenters. The third kappa shape index (κ3) is 14.7. The molecule has 0 aliphatic heterocycles. The van der Waals surface area contributed by atoms with Crippen LogP contribution in [0.4, 0.5) is 0 Å². The van der Waals surface area contributed by atoms with E-state index in [-0.39, 0.29) is 5.97 Å². The van der Waals surface area contributed by atoms with Gasteiger partial charge in [-0.05, 0) is 19.3 Å². The fourth-order valence-electron chi connectivity index (χ4n) is 2.77. The largest absolute Gasteiger partial charge is 0.469 e. The van der Waals surface area contributed by atoms with Crippen molar-refractivity contribution in [3.63, 3.8) is 0 Å². The van der Waals surface area contributed by atoms with Crippen LogP contribution >= 0.6 is 0 Å². The second-order valence-corrected chi connectivity index (χ2v) is 6.57. The molecule has 0 radical (unpaired) electrons. The summed E-state index contributed by atoms with van der Waals surface area (Å²) in [6.45, 7) is 2.21. The van der Waals surface area contributed by atoms with Crippen LogP contribution in [0.15, 0.2) is 0 Å². The molecule has 23 heavy (non-hydrogen) atoms. The van der Waals surface area contributed by atoms with E-state index in [0.29, 0.717) is 19.3 Å². The maximum atomic E-state index is 10.9. The minimum Gasteiger partial charge on any atom is -0.469 e. The average Bonchev–Trinajstić information content (AvgIpc) is 2.56. The summed E-state index contributed by atoms with van der Waals surface area (Å²) in [7, 11) is 1.42. The van der Waals surface area contributed by atoms with E-state index in [4.69, 9.17) is 0 Å². The maximum Gasteiger partial charge on any atom is 0.305 e. The SMILES string of the molecule is CCCCCCCC[C@H](O)[C@@H](O)CCCCCCCC(=O)OC. The molecule has 0 aromatic rings. The Morgan fingerprint density at radius 2 is 1.22 bits per heavy atom. The van der Waals surface area contributed by atoms with Crippen LogP contribution in [-0.4, -0.2) is 35.5 Å². The van der Waals surface area contributed by atoms with Crippen LogP contribution < -0.4 is 0 Å². The minimum absolute atomic E-state index is 0.141. The monoisotopic (exact) mass is 330 g/mol. The van der Waals surface area contributed by atoms with Crippen LogP contribution in [0.2, 0.25) is 0 Å². The predicted molar refractivity (Wildman–Crippen MR) is 94.3 cm³/mol. The highest BCUT2D eigenvalue weighted by molar-refractivity contribution is 5.68. The number of esters is 1. The van der Waals surface area contributed by atoms with Crippen molar-refractivity contribution in [3.05, 3.63) is 0 Å². The lowest BCUT2D eigenvalue weighted by atomic mass is 9.99. The van der Waals surface area contributed by atoms with E-state index in [9.17, 15) is 15.0 Å². The first-order chi connectivity index (χ1) is 11.1. The molecule has 0 saturated heterocycles. The van der Waals surface area contributed by atoms with Gasteiger partial charge in [0.25, 0.3) is 0 Å². The Kier molecular flexibility index (Phi) is 15.8. The highest BCUT2D eigenvalue weighted by atomic mass is 16.5. The zero-order valence-corrected chi connectivity index (χ0v) is 15.3. The number of aliphatic hydroxyl groups is 2. The first-order valence-corrected chi connectivity index (χ1v) is 9.54. The predicted octanol–water partition coefficient (Wildman–Crippen LogP) is 4.36. The molecule has 0 aromatic heterocycles. The van der Waals surface area contributed by atoms with Crippen molar-refractivity contribution in [2.75, 3.05) is 7.11 Å². The Labute approximate surface area is 142 Å². The number of aliphatic hydroxyl groups excluding tert-OH is 2. The first kappa shape index (κ1) is 22.4. The molecule has 4 nitrogen and oxygen atoms in total. The van der Waals surface area contributed by atoms with Gasteiger partial charge in [0.1, 0.15) is 0 Å². The Balaban J connectivity index is 3.40. The first-order valence-electron chi connectivity index (χ1n) is 9.54. The van der Waals surface area contributed by atoms with Crippen LogP contribution in [0.1, 0.15) is 96.8 Å². The topological polar surface area (TPSA) is 66.8 Å². The van der Waals surface area contributed by atoms with Crippen LogP contribution in [0.5, 0.6) is 0 Å². The second-order valence-electron chi connectivity index (χ2n) is 6.57. The zero-order valence-electron chi connectivity index (χ0n) is 15.3. The third-order valence-electron chi connectivity index (χ3n) is 4.41. The lowest BCUT2D eigenvalue weighted by molar-refractivity contribution is -0.140. The fraction of sp³-hybridized carbons (Fsp3) is 0.947. The highest BCUT2D eigenvalue weighted by Gasteiger charge is 2.15. The molecule has 0 aliphatic carbocycles. The minimum atomic E-state index is -0.583. The van der Waals surface area contributed by atoms with Gasteiger partial charge in [-0.2, -0.15) is 0 Å².